The maximum atomic E-state index is 12.7. The minimum absolute atomic E-state index is 0.0972. The van der Waals surface area contributed by atoms with Crippen LogP contribution in [0.5, 0.6) is 0 Å². The summed E-state index contributed by atoms with van der Waals surface area (Å²) in [6, 6.07) is 0. The monoisotopic (exact) mass is 908 g/mol. The summed E-state index contributed by atoms with van der Waals surface area (Å²) in [5.41, 5.74) is 5.39. The second-order valence-corrected chi connectivity index (χ2v) is 19.2. The largest absolute Gasteiger partial charge is 0.472 e. The molecule has 63 heavy (non-hydrogen) atoms. The summed E-state index contributed by atoms with van der Waals surface area (Å²) in [4.78, 5) is 22.6. The van der Waals surface area contributed by atoms with Crippen LogP contribution in [0.1, 0.15) is 251 Å². The van der Waals surface area contributed by atoms with E-state index in [1.807, 2.05) is 0 Å². The van der Waals surface area contributed by atoms with E-state index in [1.54, 1.807) is 0 Å². The molecule has 0 aromatic rings. The smallest absolute Gasteiger partial charge is 0.457 e. The standard InChI is InChI=1S/C54H102NO7P/c1-3-5-7-9-11-13-15-17-19-21-23-24-25-26-27-28-29-31-33-35-37-39-41-43-45-47-54(56)62-53(52-61-63(57,58)60-50-48-55)51-59-49-46-44-42-40-38-36-34-32-30-22-20-18-16-14-12-10-8-6-4-2/h14-17,20-23,53H,3-13,18-19,24-52,55H2,1-2H3,(H,57,58)/b16-14-,17-15-,22-20-,23-21-. The minimum Gasteiger partial charge on any atom is -0.457 e. The number of allylic oxidation sites excluding steroid dienone is 8. The maximum absolute atomic E-state index is 12.7. The molecule has 0 aliphatic heterocycles. The molecule has 0 radical (unpaired) electrons. The highest BCUT2D eigenvalue weighted by atomic mass is 31.2. The number of carbonyl (C=O) groups excluding carboxylic acids is 1. The zero-order valence-electron chi connectivity index (χ0n) is 41.3. The second-order valence-electron chi connectivity index (χ2n) is 17.7. The van der Waals surface area contributed by atoms with Crippen molar-refractivity contribution in [3.63, 3.8) is 0 Å². The fraction of sp³-hybridized carbons (Fsp3) is 0.833. The van der Waals surface area contributed by atoms with Gasteiger partial charge in [0.05, 0.1) is 19.8 Å². The molecule has 0 aliphatic rings. The Kier molecular flexibility index (Phi) is 50.2. The van der Waals surface area contributed by atoms with Crippen molar-refractivity contribution in [2.45, 2.75) is 258 Å². The van der Waals surface area contributed by atoms with E-state index in [1.165, 1.54) is 186 Å². The molecule has 0 bridgehead atoms. The lowest BCUT2D eigenvalue weighted by Crippen LogP contribution is -2.28. The van der Waals surface area contributed by atoms with Gasteiger partial charge in [0.1, 0.15) is 6.10 Å². The number of nitrogens with two attached hydrogens (primary N) is 1. The van der Waals surface area contributed by atoms with Crippen molar-refractivity contribution >= 4 is 13.8 Å². The van der Waals surface area contributed by atoms with Crippen LogP contribution in [0.3, 0.4) is 0 Å². The number of carbonyl (C=O) groups is 1. The second kappa shape index (κ2) is 51.4. The number of hydrogen-bond acceptors (Lipinski definition) is 7. The van der Waals surface area contributed by atoms with Gasteiger partial charge in [0.15, 0.2) is 0 Å². The molecule has 0 rings (SSSR count). The molecule has 0 heterocycles. The number of esters is 1. The summed E-state index contributed by atoms with van der Waals surface area (Å²) in [5, 5.41) is 0. The first kappa shape index (κ1) is 61.5. The van der Waals surface area contributed by atoms with Gasteiger partial charge < -0.3 is 20.1 Å². The molecule has 0 aromatic carbocycles. The maximum Gasteiger partial charge on any atom is 0.472 e. The Bertz CT molecular complexity index is 1110. The van der Waals surface area contributed by atoms with Crippen molar-refractivity contribution in [1.29, 1.82) is 0 Å². The quantitative estimate of drug-likeness (QED) is 0.0268. The zero-order chi connectivity index (χ0) is 45.8. The molecule has 0 saturated heterocycles. The summed E-state index contributed by atoms with van der Waals surface area (Å²) < 4.78 is 33.6. The fourth-order valence-corrected chi connectivity index (χ4v) is 8.29. The molecular weight excluding hydrogens is 806 g/mol. The predicted molar refractivity (Wildman–Crippen MR) is 270 cm³/mol. The van der Waals surface area contributed by atoms with Gasteiger partial charge in [0, 0.05) is 19.6 Å². The van der Waals surface area contributed by atoms with Gasteiger partial charge >= 0.3 is 13.8 Å². The molecule has 0 saturated carbocycles. The Morgan fingerprint density at radius 1 is 0.476 bits per heavy atom. The zero-order valence-corrected chi connectivity index (χ0v) is 42.2. The van der Waals surface area contributed by atoms with Crippen LogP contribution in [0.4, 0.5) is 0 Å². The number of unbranched alkanes of at least 4 members (excludes halogenated alkanes) is 30. The van der Waals surface area contributed by atoms with Crippen LogP contribution in [0.15, 0.2) is 48.6 Å². The van der Waals surface area contributed by atoms with Gasteiger partial charge in [0.25, 0.3) is 0 Å². The van der Waals surface area contributed by atoms with Crippen molar-refractivity contribution in [2.75, 3.05) is 33.0 Å². The SMILES string of the molecule is CCCCCC/C=C\C/C=C\CCCCCCCCCCOCC(COP(=O)(O)OCCN)OC(=O)CCCCCCCCCCCCCCC/C=C\C/C=C\CCCCCCC. The van der Waals surface area contributed by atoms with Crippen LogP contribution in [-0.4, -0.2) is 49.9 Å². The molecular formula is C54H102NO7P. The molecule has 3 N–H and O–H groups in total. The van der Waals surface area contributed by atoms with Crippen molar-refractivity contribution in [2.24, 2.45) is 5.73 Å². The van der Waals surface area contributed by atoms with Crippen LogP contribution in [0.25, 0.3) is 0 Å². The third kappa shape index (κ3) is 51.3. The Labute approximate surface area is 390 Å². The lowest BCUT2D eigenvalue weighted by Gasteiger charge is -2.20. The summed E-state index contributed by atoms with van der Waals surface area (Å²) >= 11 is 0. The number of rotatable bonds is 51. The number of phosphoric acid groups is 1. The molecule has 0 spiro atoms. The van der Waals surface area contributed by atoms with Crippen LogP contribution >= 0.6 is 7.82 Å². The van der Waals surface area contributed by atoms with Gasteiger partial charge in [-0.15, -0.1) is 0 Å². The Morgan fingerprint density at radius 2 is 0.841 bits per heavy atom. The van der Waals surface area contributed by atoms with E-state index in [0.717, 1.165) is 44.9 Å². The first-order valence-electron chi connectivity index (χ1n) is 26.6. The molecule has 370 valence electrons. The topological polar surface area (TPSA) is 117 Å². The van der Waals surface area contributed by atoms with Crippen LogP contribution in [0, 0.1) is 0 Å². The summed E-state index contributed by atoms with van der Waals surface area (Å²) in [7, 11) is -4.29. The number of hydrogen-bond donors (Lipinski definition) is 2. The Hall–Kier alpha value is -1.54. The summed E-state index contributed by atoms with van der Waals surface area (Å²) in [5.74, 6) is -0.331. The third-order valence-electron chi connectivity index (χ3n) is 11.5. The van der Waals surface area contributed by atoms with E-state index in [0.29, 0.717) is 13.0 Å². The normalized spacial score (nSPS) is 13.7. The summed E-state index contributed by atoms with van der Waals surface area (Å²) in [6.07, 6.45) is 62.9. The fourth-order valence-electron chi connectivity index (χ4n) is 7.53. The van der Waals surface area contributed by atoms with Gasteiger partial charge in [-0.25, -0.2) is 4.57 Å². The molecule has 0 fully saturated rings. The van der Waals surface area contributed by atoms with E-state index in [4.69, 9.17) is 24.3 Å². The van der Waals surface area contributed by atoms with Crippen molar-refractivity contribution in [3.8, 4) is 0 Å². The molecule has 0 aromatic heterocycles. The average molecular weight is 908 g/mol. The van der Waals surface area contributed by atoms with E-state index in [2.05, 4.69) is 62.5 Å². The molecule has 0 amide bonds. The van der Waals surface area contributed by atoms with Crippen molar-refractivity contribution < 1.29 is 32.8 Å². The predicted octanol–water partition coefficient (Wildman–Crippen LogP) is 16.7. The van der Waals surface area contributed by atoms with E-state index in [-0.39, 0.29) is 32.3 Å². The highest BCUT2D eigenvalue weighted by Crippen LogP contribution is 2.43. The first-order valence-corrected chi connectivity index (χ1v) is 28.1. The Balaban J connectivity index is 3.92. The van der Waals surface area contributed by atoms with E-state index >= 15 is 0 Å². The highest BCUT2D eigenvalue weighted by molar-refractivity contribution is 7.47. The lowest BCUT2D eigenvalue weighted by atomic mass is 10.0. The summed E-state index contributed by atoms with van der Waals surface area (Å²) in [6.45, 7) is 4.92. The van der Waals surface area contributed by atoms with Crippen molar-refractivity contribution in [1.82, 2.24) is 0 Å². The first-order chi connectivity index (χ1) is 30.9. The van der Waals surface area contributed by atoms with E-state index < -0.39 is 13.9 Å². The van der Waals surface area contributed by atoms with Gasteiger partial charge in [-0.05, 0) is 77.0 Å². The van der Waals surface area contributed by atoms with Crippen LogP contribution in [0.2, 0.25) is 0 Å². The average Bonchev–Trinajstić information content (AvgIpc) is 3.28. The van der Waals surface area contributed by atoms with Gasteiger partial charge in [-0.2, -0.15) is 0 Å². The Morgan fingerprint density at radius 3 is 1.25 bits per heavy atom. The lowest BCUT2D eigenvalue weighted by molar-refractivity contribution is -0.154. The van der Waals surface area contributed by atoms with Gasteiger partial charge in [-0.1, -0.05) is 217 Å². The number of ether oxygens (including phenoxy) is 2. The van der Waals surface area contributed by atoms with Crippen molar-refractivity contribution in [3.05, 3.63) is 48.6 Å². The molecule has 0 aliphatic carbocycles. The van der Waals surface area contributed by atoms with Gasteiger partial charge in [0.2, 0.25) is 0 Å². The van der Waals surface area contributed by atoms with E-state index in [9.17, 15) is 14.3 Å². The molecule has 9 heteroatoms. The highest BCUT2D eigenvalue weighted by Gasteiger charge is 2.25. The number of phosphoric ester groups is 1. The van der Waals surface area contributed by atoms with Crippen LogP contribution in [-0.2, 0) is 27.9 Å². The van der Waals surface area contributed by atoms with Gasteiger partial charge in [-0.3, -0.25) is 13.8 Å². The minimum atomic E-state index is -4.29. The third-order valence-corrected chi connectivity index (χ3v) is 12.5. The molecule has 2 atom stereocenters. The van der Waals surface area contributed by atoms with Crippen LogP contribution < -0.4 is 5.73 Å². The molecule has 8 nitrogen and oxygen atoms in total. The molecule has 2 unspecified atom stereocenters.